The summed E-state index contributed by atoms with van der Waals surface area (Å²) in [5, 5.41) is 3.45. The molecule has 0 bridgehead atoms. The van der Waals surface area contributed by atoms with Crippen molar-refractivity contribution in [3.8, 4) is 0 Å². The van der Waals surface area contributed by atoms with Crippen molar-refractivity contribution in [1.82, 2.24) is 9.88 Å². The highest BCUT2D eigenvalue weighted by molar-refractivity contribution is 5.29. The molecule has 96 valence electrons. The molecule has 0 amide bonds. The van der Waals surface area contributed by atoms with Crippen molar-refractivity contribution in [2.75, 3.05) is 6.54 Å². The standard InChI is InChI=1S/C13H20F2N2/c1-2-16-12-6-4-3-5-10-7-17(8-11(10)12)9-13(14)15/h7-8,12-13,16H,2-6,9H2,1H3. The zero-order valence-corrected chi connectivity index (χ0v) is 10.3. The highest BCUT2D eigenvalue weighted by Crippen LogP contribution is 2.29. The van der Waals surface area contributed by atoms with Gasteiger partial charge in [0, 0.05) is 18.4 Å². The molecule has 4 heteroatoms. The summed E-state index contributed by atoms with van der Waals surface area (Å²) in [6.45, 7) is 2.82. The van der Waals surface area contributed by atoms with Crippen LogP contribution < -0.4 is 5.32 Å². The second kappa shape index (κ2) is 5.63. The maximum Gasteiger partial charge on any atom is 0.256 e. The summed E-state index contributed by atoms with van der Waals surface area (Å²) >= 11 is 0. The van der Waals surface area contributed by atoms with Gasteiger partial charge in [-0.3, -0.25) is 0 Å². The van der Waals surface area contributed by atoms with Crippen molar-refractivity contribution >= 4 is 0 Å². The minimum absolute atomic E-state index is 0.189. The fourth-order valence-corrected chi connectivity index (χ4v) is 2.64. The Bertz CT molecular complexity index is 360. The third-order valence-corrected chi connectivity index (χ3v) is 3.36. The average Bonchev–Trinajstić information content (AvgIpc) is 2.56. The molecule has 1 unspecified atom stereocenters. The number of nitrogens with zero attached hydrogens (tertiary/aromatic N) is 1. The molecule has 2 rings (SSSR count). The quantitative estimate of drug-likeness (QED) is 0.803. The first kappa shape index (κ1) is 12.6. The molecule has 0 aliphatic heterocycles. The number of alkyl halides is 2. The van der Waals surface area contributed by atoms with E-state index in [4.69, 9.17) is 0 Å². The van der Waals surface area contributed by atoms with Gasteiger partial charge in [-0.1, -0.05) is 13.3 Å². The van der Waals surface area contributed by atoms with Gasteiger partial charge in [0.25, 0.3) is 6.43 Å². The van der Waals surface area contributed by atoms with Crippen LogP contribution in [0.3, 0.4) is 0 Å². The van der Waals surface area contributed by atoms with E-state index in [0.717, 1.165) is 25.8 Å². The highest BCUT2D eigenvalue weighted by atomic mass is 19.3. The average molecular weight is 242 g/mol. The van der Waals surface area contributed by atoms with Crippen molar-refractivity contribution in [2.45, 2.75) is 51.6 Å². The predicted molar refractivity (Wildman–Crippen MR) is 64.4 cm³/mol. The number of aromatic nitrogens is 1. The maximum absolute atomic E-state index is 12.4. The lowest BCUT2D eigenvalue weighted by atomic mass is 10.0. The van der Waals surface area contributed by atoms with Gasteiger partial charge in [-0.25, -0.2) is 8.78 Å². The molecular formula is C13H20F2N2. The van der Waals surface area contributed by atoms with Crippen LogP contribution >= 0.6 is 0 Å². The molecule has 0 radical (unpaired) electrons. The molecule has 17 heavy (non-hydrogen) atoms. The lowest BCUT2D eigenvalue weighted by Gasteiger charge is -2.15. The van der Waals surface area contributed by atoms with Gasteiger partial charge in [-0.05, 0) is 36.9 Å². The van der Waals surface area contributed by atoms with Crippen LogP contribution in [0, 0.1) is 0 Å². The van der Waals surface area contributed by atoms with Gasteiger partial charge in [0.2, 0.25) is 0 Å². The van der Waals surface area contributed by atoms with Crippen LogP contribution in [0.25, 0.3) is 0 Å². The third kappa shape index (κ3) is 3.06. The number of nitrogens with one attached hydrogen (secondary N) is 1. The van der Waals surface area contributed by atoms with E-state index in [1.807, 2.05) is 12.4 Å². The maximum atomic E-state index is 12.4. The number of halogens is 2. The first-order valence-electron chi connectivity index (χ1n) is 6.40. The summed E-state index contributed by atoms with van der Waals surface area (Å²) in [6, 6.07) is 0.344. The Morgan fingerprint density at radius 1 is 1.41 bits per heavy atom. The zero-order chi connectivity index (χ0) is 12.3. The monoisotopic (exact) mass is 242 g/mol. The van der Waals surface area contributed by atoms with Crippen LogP contribution in [0.2, 0.25) is 0 Å². The first-order valence-corrected chi connectivity index (χ1v) is 6.40. The molecule has 1 N–H and O–H groups in total. The van der Waals surface area contributed by atoms with Crippen LogP contribution in [-0.4, -0.2) is 17.5 Å². The van der Waals surface area contributed by atoms with Crippen molar-refractivity contribution in [1.29, 1.82) is 0 Å². The Hall–Kier alpha value is -0.900. The van der Waals surface area contributed by atoms with Crippen LogP contribution in [0.1, 0.15) is 43.4 Å². The molecule has 1 heterocycles. The van der Waals surface area contributed by atoms with Crippen molar-refractivity contribution < 1.29 is 8.78 Å². The van der Waals surface area contributed by atoms with Gasteiger partial charge in [0.1, 0.15) is 0 Å². The number of hydrogen-bond acceptors (Lipinski definition) is 1. The van der Waals surface area contributed by atoms with Gasteiger partial charge < -0.3 is 9.88 Å². The third-order valence-electron chi connectivity index (χ3n) is 3.36. The van der Waals surface area contributed by atoms with Crippen LogP contribution in [0.15, 0.2) is 12.4 Å². The summed E-state index contributed by atoms with van der Waals surface area (Å²) in [6.07, 6.45) is 6.03. The fraction of sp³-hybridized carbons (Fsp3) is 0.692. The van der Waals surface area contributed by atoms with E-state index in [1.165, 1.54) is 17.5 Å². The Kier molecular flexibility index (Phi) is 4.15. The summed E-state index contributed by atoms with van der Waals surface area (Å²) in [7, 11) is 0. The minimum Gasteiger partial charge on any atom is -0.348 e. The van der Waals surface area contributed by atoms with E-state index < -0.39 is 6.43 Å². The van der Waals surface area contributed by atoms with Gasteiger partial charge in [0.15, 0.2) is 0 Å². The van der Waals surface area contributed by atoms with Crippen molar-refractivity contribution in [3.05, 3.63) is 23.5 Å². The second-order valence-electron chi connectivity index (χ2n) is 4.68. The molecule has 0 spiro atoms. The molecule has 1 aromatic heterocycles. The summed E-state index contributed by atoms with van der Waals surface area (Å²) < 4.78 is 26.4. The zero-order valence-electron chi connectivity index (χ0n) is 10.3. The van der Waals surface area contributed by atoms with E-state index in [9.17, 15) is 8.78 Å². The van der Waals surface area contributed by atoms with E-state index >= 15 is 0 Å². The summed E-state index contributed by atoms with van der Waals surface area (Å²) in [5.74, 6) is 0. The topological polar surface area (TPSA) is 17.0 Å². The molecule has 0 aromatic carbocycles. The van der Waals surface area contributed by atoms with Crippen molar-refractivity contribution in [3.63, 3.8) is 0 Å². The van der Waals surface area contributed by atoms with E-state index in [0.29, 0.717) is 6.04 Å². The van der Waals surface area contributed by atoms with Gasteiger partial charge in [-0.2, -0.15) is 0 Å². The predicted octanol–water partition coefficient (Wildman–Crippen LogP) is 3.13. The smallest absolute Gasteiger partial charge is 0.256 e. The molecule has 1 atom stereocenters. The van der Waals surface area contributed by atoms with E-state index in [-0.39, 0.29) is 6.54 Å². The Balaban J connectivity index is 2.20. The second-order valence-corrected chi connectivity index (χ2v) is 4.68. The minimum atomic E-state index is -2.27. The number of fused-ring (bicyclic) bond motifs is 1. The van der Waals surface area contributed by atoms with Gasteiger partial charge in [0.05, 0.1) is 6.54 Å². The largest absolute Gasteiger partial charge is 0.348 e. The lowest BCUT2D eigenvalue weighted by molar-refractivity contribution is 0.126. The number of rotatable bonds is 4. The molecule has 1 aliphatic carbocycles. The van der Waals surface area contributed by atoms with Crippen molar-refractivity contribution in [2.24, 2.45) is 0 Å². The molecule has 1 aromatic rings. The Morgan fingerprint density at radius 3 is 2.94 bits per heavy atom. The van der Waals surface area contributed by atoms with Crippen LogP contribution in [-0.2, 0) is 13.0 Å². The summed E-state index contributed by atoms with van der Waals surface area (Å²) in [5.41, 5.74) is 2.47. The van der Waals surface area contributed by atoms with E-state index in [2.05, 4.69) is 12.2 Å². The molecule has 1 aliphatic rings. The first-order chi connectivity index (χ1) is 8.20. The van der Waals surface area contributed by atoms with Crippen LogP contribution in [0.5, 0.6) is 0 Å². The van der Waals surface area contributed by atoms with Gasteiger partial charge in [-0.15, -0.1) is 0 Å². The number of aryl methyl sites for hydroxylation is 1. The normalized spacial score (nSPS) is 20.4. The molecule has 0 saturated carbocycles. The Morgan fingerprint density at radius 2 is 2.24 bits per heavy atom. The SMILES string of the molecule is CCNC1CCCCc2cn(CC(F)F)cc21. The fourth-order valence-electron chi connectivity index (χ4n) is 2.64. The highest BCUT2D eigenvalue weighted by Gasteiger charge is 2.20. The molecular weight excluding hydrogens is 222 g/mol. The van der Waals surface area contributed by atoms with E-state index in [1.54, 1.807) is 4.57 Å². The summed E-state index contributed by atoms with van der Waals surface area (Å²) in [4.78, 5) is 0. The molecule has 2 nitrogen and oxygen atoms in total. The van der Waals surface area contributed by atoms with Gasteiger partial charge >= 0.3 is 0 Å². The lowest BCUT2D eigenvalue weighted by Crippen LogP contribution is -2.20. The molecule has 0 saturated heterocycles. The van der Waals surface area contributed by atoms with Crippen LogP contribution in [0.4, 0.5) is 8.78 Å². The Labute approximate surface area is 101 Å². The number of hydrogen-bond donors (Lipinski definition) is 1. The molecule has 0 fully saturated rings.